The average molecular weight is 246 g/mol. The largest absolute Gasteiger partial charge is 0.438 e. The van der Waals surface area contributed by atoms with Gasteiger partial charge < -0.3 is 16.2 Å². The number of aryl methyl sites for hydroxylation is 2. The van der Waals surface area contributed by atoms with Crippen LogP contribution in [-0.4, -0.2) is 15.7 Å². The summed E-state index contributed by atoms with van der Waals surface area (Å²) in [4.78, 5) is 11.3. The van der Waals surface area contributed by atoms with Gasteiger partial charge in [-0.05, 0) is 19.1 Å². The van der Waals surface area contributed by atoms with E-state index in [0.29, 0.717) is 17.3 Å². The minimum atomic E-state index is -0.566. The molecule has 4 N–H and O–H groups in total. The summed E-state index contributed by atoms with van der Waals surface area (Å²) in [6.45, 7) is 1.85. The third-order valence-corrected chi connectivity index (χ3v) is 2.44. The van der Waals surface area contributed by atoms with Crippen molar-refractivity contribution in [1.82, 2.24) is 9.78 Å². The van der Waals surface area contributed by atoms with Crippen molar-refractivity contribution in [2.75, 3.05) is 5.73 Å². The smallest absolute Gasteiger partial charge is 0.252 e. The summed E-state index contributed by atoms with van der Waals surface area (Å²) in [5.41, 5.74) is 12.5. The summed E-state index contributed by atoms with van der Waals surface area (Å²) in [5.74, 6) is 0.273. The molecule has 1 heterocycles. The van der Waals surface area contributed by atoms with Crippen LogP contribution >= 0.6 is 0 Å². The fourth-order valence-electron chi connectivity index (χ4n) is 1.62. The molecule has 0 fully saturated rings. The zero-order valence-corrected chi connectivity index (χ0v) is 10.2. The van der Waals surface area contributed by atoms with Crippen molar-refractivity contribution in [2.45, 2.75) is 6.92 Å². The van der Waals surface area contributed by atoms with Crippen LogP contribution in [0.1, 0.15) is 16.1 Å². The third-order valence-electron chi connectivity index (χ3n) is 2.44. The number of benzene rings is 1. The van der Waals surface area contributed by atoms with E-state index in [4.69, 9.17) is 16.2 Å². The molecule has 6 heteroatoms. The van der Waals surface area contributed by atoms with Crippen molar-refractivity contribution in [3.8, 4) is 11.6 Å². The van der Waals surface area contributed by atoms with E-state index in [-0.39, 0.29) is 5.56 Å². The normalized spacial score (nSPS) is 10.3. The van der Waals surface area contributed by atoms with Crippen molar-refractivity contribution in [2.24, 2.45) is 12.8 Å². The number of hydrogen-bond acceptors (Lipinski definition) is 4. The summed E-state index contributed by atoms with van der Waals surface area (Å²) in [7, 11) is 1.75. The molecular formula is C12H14N4O2. The summed E-state index contributed by atoms with van der Waals surface area (Å²) in [6, 6.07) is 6.45. The second-order valence-electron chi connectivity index (χ2n) is 3.97. The van der Waals surface area contributed by atoms with Crippen LogP contribution < -0.4 is 16.2 Å². The second-order valence-corrected chi connectivity index (χ2v) is 3.97. The fraction of sp³-hybridized carbons (Fsp3) is 0.167. The highest BCUT2D eigenvalue weighted by atomic mass is 16.5. The van der Waals surface area contributed by atoms with Gasteiger partial charge in [0.25, 0.3) is 5.91 Å². The Balaban J connectivity index is 2.42. The van der Waals surface area contributed by atoms with Crippen LogP contribution in [0.4, 0.5) is 5.69 Å². The molecule has 18 heavy (non-hydrogen) atoms. The van der Waals surface area contributed by atoms with Gasteiger partial charge in [-0.2, -0.15) is 5.10 Å². The van der Waals surface area contributed by atoms with Crippen molar-refractivity contribution < 1.29 is 9.53 Å². The number of carbonyl (C=O) groups excluding carboxylic acids is 1. The Bertz CT molecular complexity index is 604. The van der Waals surface area contributed by atoms with Crippen molar-refractivity contribution >= 4 is 11.6 Å². The fourth-order valence-corrected chi connectivity index (χ4v) is 1.62. The molecule has 0 aliphatic rings. The van der Waals surface area contributed by atoms with Crippen LogP contribution in [0.3, 0.4) is 0 Å². The third kappa shape index (κ3) is 2.27. The van der Waals surface area contributed by atoms with Gasteiger partial charge >= 0.3 is 0 Å². The van der Waals surface area contributed by atoms with Gasteiger partial charge in [0.2, 0.25) is 5.88 Å². The Morgan fingerprint density at radius 3 is 2.67 bits per heavy atom. The monoisotopic (exact) mass is 246 g/mol. The van der Waals surface area contributed by atoms with Crippen molar-refractivity contribution in [3.05, 3.63) is 35.5 Å². The lowest BCUT2D eigenvalue weighted by molar-refractivity contribution is 0.0998. The standard InChI is InChI=1S/C12H14N4O2/c1-7-5-11(16(2)15-7)18-10-6-8(13)3-4-9(10)12(14)17/h3-6H,13H2,1-2H3,(H2,14,17). The van der Waals surface area contributed by atoms with Gasteiger partial charge in [0, 0.05) is 24.9 Å². The number of rotatable bonds is 3. The maximum atomic E-state index is 11.3. The highest BCUT2D eigenvalue weighted by Crippen LogP contribution is 2.27. The van der Waals surface area contributed by atoms with Crippen molar-refractivity contribution in [3.63, 3.8) is 0 Å². The van der Waals surface area contributed by atoms with E-state index in [2.05, 4.69) is 5.10 Å². The lowest BCUT2D eigenvalue weighted by Crippen LogP contribution is -2.12. The number of nitrogen functional groups attached to an aromatic ring is 1. The van der Waals surface area contributed by atoms with Gasteiger partial charge in [-0.3, -0.25) is 4.79 Å². The number of anilines is 1. The molecule has 0 atom stereocenters. The zero-order valence-electron chi connectivity index (χ0n) is 10.2. The Hall–Kier alpha value is -2.50. The van der Waals surface area contributed by atoms with E-state index in [1.807, 2.05) is 6.92 Å². The molecule has 1 aromatic carbocycles. The summed E-state index contributed by atoms with van der Waals surface area (Å²) >= 11 is 0. The number of ether oxygens (including phenoxy) is 1. The summed E-state index contributed by atoms with van der Waals surface area (Å²) < 4.78 is 7.20. The Morgan fingerprint density at radius 2 is 2.11 bits per heavy atom. The summed E-state index contributed by atoms with van der Waals surface area (Å²) in [6.07, 6.45) is 0. The molecule has 0 bridgehead atoms. The van der Waals surface area contributed by atoms with Crippen LogP contribution in [0, 0.1) is 6.92 Å². The van der Waals surface area contributed by atoms with Gasteiger partial charge in [-0.1, -0.05) is 0 Å². The first kappa shape index (κ1) is 12.0. The van der Waals surface area contributed by atoms with Crippen LogP contribution in [-0.2, 0) is 7.05 Å². The Kier molecular flexibility index (Phi) is 2.93. The summed E-state index contributed by atoms with van der Waals surface area (Å²) in [5, 5.41) is 4.15. The number of carbonyl (C=O) groups is 1. The number of amides is 1. The van der Waals surface area contributed by atoms with Gasteiger partial charge in [0.05, 0.1) is 11.3 Å². The number of nitrogens with zero attached hydrogens (tertiary/aromatic N) is 2. The minimum Gasteiger partial charge on any atom is -0.438 e. The predicted molar refractivity (Wildman–Crippen MR) is 67.4 cm³/mol. The van der Waals surface area contributed by atoms with Gasteiger partial charge in [-0.25, -0.2) is 4.68 Å². The molecule has 1 aromatic heterocycles. The quantitative estimate of drug-likeness (QED) is 0.795. The first-order valence-corrected chi connectivity index (χ1v) is 5.35. The lowest BCUT2D eigenvalue weighted by atomic mass is 10.1. The highest BCUT2D eigenvalue weighted by molar-refractivity contribution is 5.96. The van der Waals surface area contributed by atoms with E-state index < -0.39 is 5.91 Å². The molecule has 0 radical (unpaired) electrons. The lowest BCUT2D eigenvalue weighted by Gasteiger charge is -2.09. The molecule has 2 aromatic rings. The van der Waals surface area contributed by atoms with Crippen LogP contribution in [0.15, 0.2) is 24.3 Å². The molecule has 0 aliphatic heterocycles. The predicted octanol–water partition coefficient (Wildman–Crippen LogP) is 1.20. The van der Waals surface area contributed by atoms with Gasteiger partial charge in [0.1, 0.15) is 5.75 Å². The van der Waals surface area contributed by atoms with Gasteiger partial charge in [0.15, 0.2) is 0 Å². The van der Waals surface area contributed by atoms with E-state index in [1.165, 1.54) is 6.07 Å². The molecule has 0 aliphatic carbocycles. The van der Waals surface area contributed by atoms with E-state index in [9.17, 15) is 4.79 Å². The molecule has 94 valence electrons. The average Bonchev–Trinajstić information content (AvgIpc) is 2.57. The maximum Gasteiger partial charge on any atom is 0.252 e. The molecule has 0 saturated carbocycles. The molecule has 1 amide bonds. The van der Waals surface area contributed by atoms with E-state index in [0.717, 1.165) is 5.69 Å². The Labute approximate surface area is 104 Å². The molecule has 0 saturated heterocycles. The minimum absolute atomic E-state index is 0.281. The van der Waals surface area contributed by atoms with Crippen LogP contribution in [0.2, 0.25) is 0 Å². The van der Waals surface area contributed by atoms with Crippen LogP contribution in [0.5, 0.6) is 11.6 Å². The first-order valence-electron chi connectivity index (χ1n) is 5.35. The maximum absolute atomic E-state index is 11.3. The highest BCUT2D eigenvalue weighted by Gasteiger charge is 2.12. The molecule has 2 rings (SSSR count). The van der Waals surface area contributed by atoms with Crippen LogP contribution in [0.25, 0.3) is 0 Å². The molecule has 0 spiro atoms. The van der Waals surface area contributed by atoms with Gasteiger partial charge in [-0.15, -0.1) is 0 Å². The Morgan fingerprint density at radius 1 is 1.39 bits per heavy atom. The number of nitrogens with two attached hydrogens (primary N) is 2. The molecule has 6 nitrogen and oxygen atoms in total. The second kappa shape index (κ2) is 4.40. The number of hydrogen-bond donors (Lipinski definition) is 2. The van der Waals surface area contributed by atoms with Crippen molar-refractivity contribution in [1.29, 1.82) is 0 Å². The molecule has 0 unspecified atom stereocenters. The number of primary amides is 1. The first-order chi connectivity index (χ1) is 8.47. The van der Waals surface area contributed by atoms with E-state index in [1.54, 1.807) is 29.9 Å². The SMILES string of the molecule is Cc1cc(Oc2cc(N)ccc2C(N)=O)n(C)n1. The topological polar surface area (TPSA) is 96.2 Å². The zero-order chi connectivity index (χ0) is 13.3. The van der Waals surface area contributed by atoms with E-state index >= 15 is 0 Å². The number of aromatic nitrogens is 2. The molecular weight excluding hydrogens is 232 g/mol.